The molecule has 5 nitrogen and oxygen atoms in total. The predicted octanol–water partition coefficient (Wildman–Crippen LogP) is 1.29. The van der Waals surface area contributed by atoms with Crippen LogP contribution in [0.2, 0.25) is 0 Å². The van der Waals surface area contributed by atoms with E-state index in [9.17, 15) is 4.79 Å². The van der Waals surface area contributed by atoms with E-state index in [0.717, 1.165) is 43.1 Å². The molecule has 1 amide bonds. The number of nitrogens with one attached hydrogen (secondary N) is 1. The van der Waals surface area contributed by atoms with Gasteiger partial charge in [-0.2, -0.15) is 0 Å². The SMILES string of the molecule is CC1CN(c2cc3c(cc2N)NC(=O)CC3)CCN1C. The van der Waals surface area contributed by atoms with E-state index < -0.39 is 0 Å². The van der Waals surface area contributed by atoms with Crippen LogP contribution in [0.25, 0.3) is 0 Å². The Morgan fingerprint density at radius 1 is 1.30 bits per heavy atom. The van der Waals surface area contributed by atoms with E-state index in [2.05, 4.69) is 35.2 Å². The number of nitrogen functional groups attached to an aromatic ring is 1. The highest BCUT2D eigenvalue weighted by atomic mass is 16.1. The number of carbonyl (C=O) groups is 1. The first-order valence-corrected chi connectivity index (χ1v) is 7.22. The molecule has 0 aromatic heterocycles. The Kier molecular flexibility index (Phi) is 3.30. The third-order valence-corrected chi connectivity index (χ3v) is 4.45. The van der Waals surface area contributed by atoms with Crippen LogP contribution in [0.4, 0.5) is 17.1 Å². The van der Waals surface area contributed by atoms with E-state index in [1.807, 2.05) is 6.07 Å². The number of fused-ring (bicyclic) bond motifs is 1. The number of hydrogen-bond acceptors (Lipinski definition) is 4. The Bertz CT molecular complexity index is 543. The number of nitrogens with zero attached hydrogens (tertiary/aromatic N) is 2. The minimum absolute atomic E-state index is 0.0814. The molecule has 1 unspecified atom stereocenters. The first kappa shape index (κ1) is 13.2. The van der Waals surface area contributed by atoms with Gasteiger partial charge in [-0.3, -0.25) is 4.79 Å². The normalized spacial score (nSPS) is 23.4. The van der Waals surface area contributed by atoms with Crippen LogP contribution in [0.1, 0.15) is 18.9 Å². The highest BCUT2D eigenvalue weighted by Crippen LogP contribution is 2.34. The second kappa shape index (κ2) is 4.98. The second-order valence-electron chi connectivity index (χ2n) is 5.89. The van der Waals surface area contributed by atoms with Crippen molar-refractivity contribution in [1.29, 1.82) is 0 Å². The van der Waals surface area contributed by atoms with Crippen LogP contribution in [-0.4, -0.2) is 43.5 Å². The number of piperazine rings is 1. The molecule has 3 N–H and O–H groups in total. The maximum absolute atomic E-state index is 11.4. The van der Waals surface area contributed by atoms with Gasteiger partial charge in [0.2, 0.25) is 5.91 Å². The number of anilines is 3. The summed E-state index contributed by atoms with van der Waals surface area (Å²) in [7, 11) is 2.16. The summed E-state index contributed by atoms with van der Waals surface area (Å²) in [6.45, 7) is 5.28. The molecule has 108 valence electrons. The monoisotopic (exact) mass is 274 g/mol. The van der Waals surface area contributed by atoms with Gasteiger partial charge in [0.25, 0.3) is 0 Å². The molecule has 1 aromatic rings. The molecule has 3 rings (SSSR count). The topological polar surface area (TPSA) is 61.6 Å². The van der Waals surface area contributed by atoms with Crippen molar-refractivity contribution in [2.24, 2.45) is 0 Å². The van der Waals surface area contributed by atoms with Crippen LogP contribution in [0.15, 0.2) is 12.1 Å². The quantitative estimate of drug-likeness (QED) is 0.758. The van der Waals surface area contributed by atoms with Gasteiger partial charge in [-0.15, -0.1) is 0 Å². The highest BCUT2D eigenvalue weighted by Gasteiger charge is 2.24. The van der Waals surface area contributed by atoms with Gasteiger partial charge in [0.1, 0.15) is 0 Å². The Balaban J connectivity index is 1.89. The smallest absolute Gasteiger partial charge is 0.224 e. The number of carbonyl (C=O) groups excluding carboxylic acids is 1. The maximum Gasteiger partial charge on any atom is 0.224 e. The summed E-state index contributed by atoms with van der Waals surface area (Å²) in [4.78, 5) is 16.2. The lowest BCUT2D eigenvalue weighted by atomic mass is 10.0. The third-order valence-electron chi connectivity index (χ3n) is 4.45. The molecule has 0 bridgehead atoms. The van der Waals surface area contributed by atoms with Crippen molar-refractivity contribution in [3.8, 4) is 0 Å². The van der Waals surface area contributed by atoms with Gasteiger partial charge in [0.05, 0.1) is 11.4 Å². The van der Waals surface area contributed by atoms with Crippen LogP contribution in [0.5, 0.6) is 0 Å². The van der Waals surface area contributed by atoms with Gasteiger partial charge in [-0.05, 0) is 38.1 Å². The van der Waals surface area contributed by atoms with Crippen molar-refractivity contribution in [2.75, 3.05) is 42.6 Å². The van der Waals surface area contributed by atoms with Crippen LogP contribution < -0.4 is 16.0 Å². The number of amides is 1. The average Bonchev–Trinajstić information content (AvgIpc) is 2.41. The van der Waals surface area contributed by atoms with Crippen molar-refractivity contribution >= 4 is 23.0 Å². The number of benzene rings is 1. The first-order chi connectivity index (χ1) is 9.54. The van der Waals surface area contributed by atoms with Crippen molar-refractivity contribution < 1.29 is 4.79 Å². The second-order valence-corrected chi connectivity index (χ2v) is 5.89. The Labute approximate surface area is 119 Å². The van der Waals surface area contributed by atoms with E-state index in [4.69, 9.17) is 5.73 Å². The van der Waals surface area contributed by atoms with E-state index in [1.54, 1.807) is 0 Å². The Morgan fingerprint density at radius 3 is 2.85 bits per heavy atom. The predicted molar refractivity (Wildman–Crippen MR) is 82.1 cm³/mol. The van der Waals surface area contributed by atoms with Crippen LogP contribution in [0.3, 0.4) is 0 Å². The molecular formula is C15H22N4O. The molecule has 1 atom stereocenters. The molecule has 2 aliphatic rings. The summed E-state index contributed by atoms with van der Waals surface area (Å²) in [5.41, 5.74) is 10.1. The molecule has 5 heteroatoms. The van der Waals surface area contributed by atoms with Crippen molar-refractivity contribution in [3.63, 3.8) is 0 Å². The number of rotatable bonds is 1. The molecule has 0 aliphatic carbocycles. The summed E-state index contributed by atoms with van der Waals surface area (Å²) in [5, 5.41) is 2.90. The molecular weight excluding hydrogens is 252 g/mol. The highest BCUT2D eigenvalue weighted by molar-refractivity contribution is 5.95. The van der Waals surface area contributed by atoms with Crippen molar-refractivity contribution in [1.82, 2.24) is 4.90 Å². The summed E-state index contributed by atoms with van der Waals surface area (Å²) >= 11 is 0. The molecule has 20 heavy (non-hydrogen) atoms. The number of aryl methyl sites for hydroxylation is 1. The average molecular weight is 274 g/mol. The largest absolute Gasteiger partial charge is 0.397 e. The molecule has 2 aliphatic heterocycles. The van der Waals surface area contributed by atoms with Gasteiger partial charge >= 0.3 is 0 Å². The van der Waals surface area contributed by atoms with Gasteiger partial charge < -0.3 is 20.9 Å². The summed E-state index contributed by atoms with van der Waals surface area (Å²) in [6.07, 6.45) is 1.37. The lowest BCUT2D eigenvalue weighted by Gasteiger charge is -2.39. The Morgan fingerprint density at radius 2 is 2.10 bits per heavy atom. The summed E-state index contributed by atoms with van der Waals surface area (Å²) < 4.78 is 0. The zero-order chi connectivity index (χ0) is 14.3. The summed E-state index contributed by atoms with van der Waals surface area (Å²) in [6, 6.07) is 4.59. The maximum atomic E-state index is 11.4. The molecule has 0 radical (unpaired) electrons. The summed E-state index contributed by atoms with van der Waals surface area (Å²) in [5.74, 6) is 0.0814. The Hall–Kier alpha value is -1.75. The van der Waals surface area contributed by atoms with E-state index in [1.165, 1.54) is 5.56 Å². The molecule has 1 aromatic carbocycles. The number of hydrogen-bond donors (Lipinski definition) is 2. The van der Waals surface area contributed by atoms with Crippen molar-refractivity contribution in [3.05, 3.63) is 17.7 Å². The molecule has 0 saturated carbocycles. The minimum Gasteiger partial charge on any atom is -0.397 e. The van der Waals surface area contributed by atoms with Gasteiger partial charge in [-0.1, -0.05) is 0 Å². The fourth-order valence-corrected chi connectivity index (χ4v) is 2.97. The van der Waals surface area contributed by atoms with Gasteiger partial charge in [0.15, 0.2) is 0 Å². The lowest BCUT2D eigenvalue weighted by Crippen LogP contribution is -2.50. The molecule has 1 fully saturated rings. The zero-order valence-corrected chi connectivity index (χ0v) is 12.1. The molecule has 0 spiro atoms. The van der Waals surface area contributed by atoms with Crippen molar-refractivity contribution in [2.45, 2.75) is 25.8 Å². The number of nitrogens with two attached hydrogens (primary N) is 1. The lowest BCUT2D eigenvalue weighted by molar-refractivity contribution is -0.116. The standard InChI is InChI=1S/C15H22N4O/c1-10-9-19(6-5-18(10)2)14-7-11-3-4-15(20)17-13(11)8-12(14)16/h7-8,10H,3-6,9,16H2,1-2H3,(H,17,20). The van der Waals surface area contributed by atoms with Gasteiger partial charge in [-0.25, -0.2) is 0 Å². The minimum atomic E-state index is 0.0814. The zero-order valence-electron chi connectivity index (χ0n) is 12.1. The van der Waals surface area contributed by atoms with Crippen LogP contribution >= 0.6 is 0 Å². The van der Waals surface area contributed by atoms with Crippen LogP contribution in [0, 0.1) is 0 Å². The van der Waals surface area contributed by atoms with E-state index in [0.29, 0.717) is 12.5 Å². The third kappa shape index (κ3) is 2.33. The van der Waals surface area contributed by atoms with E-state index in [-0.39, 0.29) is 5.91 Å². The fourth-order valence-electron chi connectivity index (χ4n) is 2.97. The fraction of sp³-hybridized carbons (Fsp3) is 0.533. The molecule has 2 heterocycles. The van der Waals surface area contributed by atoms with Gasteiger partial charge in [0, 0.05) is 37.8 Å². The number of likely N-dealkylation sites (N-methyl/N-ethyl adjacent to an activating group) is 1. The molecule has 1 saturated heterocycles. The first-order valence-electron chi connectivity index (χ1n) is 7.22. The van der Waals surface area contributed by atoms with E-state index >= 15 is 0 Å². The van der Waals surface area contributed by atoms with Crippen LogP contribution in [-0.2, 0) is 11.2 Å².